The fourth-order valence-electron chi connectivity index (χ4n) is 2.61. The molecular formula is C22H27NO6S. The summed E-state index contributed by atoms with van der Waals surface area (Å²) < 4.78 is 34.2. The molecule has 1 atom stereocenters. The van der Waals surface area contributed by atoms with Crippen molar-refractivity contribution >= 4 is 21.9 Å². The van der Waals surface area contributed by atoms with Gasteiger partial charge in [-0.3, -0.25) is 0 Å². The lowest BCUT2D eigenvalue weighted by atomic mass is 10.1. The Balaban J connectivity index is 2.17. The van der Waals surface area contributed by atoms with Crippen molar-refractivity contribution in [2.75, 3.05) is 6.26 Å². The molecular weight excluding hydrogens is 406 g/mol. The van der Waals surface area contributed by atoms with E-state index < -0.39 is 33.5 Å². The summed E-state index contributed by atoms with van der Waals surface area (Å²) in [7, 11) is -3.40. The minimum Gasteiger partial charge on any atom is -0.459 e. The Morgan fingerprint density at radius 3 is 2.23 bits per heavy atom. The van der Waals surface area contributed by atoms with E-state index in [9.17, 15) is 18.0 Å². The highest BCUT2D eigenvalue weighted by Gasteiger charge is 2.26. The fraction of sp³-hybridized carbons (Fsp3) is 0.364. The molecule has 8 heteroatoms. The number of rotatable bonds is 7. The third-order valence-corrected chi connectivity index (χ3v) is 5.08. The number of carbonyl (C=O) groups is 2. The first-order valence-corrected chi connectivity index (χ1v) is 11.3. The van der Waals surface area contributed by atoms with Crippen LogP contribution in [-0.2, 0) is 37.1 Å². The van der Waals surface area contributed by atoms with Crippen LogP contribution in [0, 0.1) is 0 Å². The average molecular weight is 434 g/mol. The van der Waals surface area contributed by atoms with Crippen LogP contribution in [0.15, 0.2) is 59.5 Å². The number of alkyl carbamates (subject to hydrolysis) is 1. The van der Waals surface area contributed by atoms with Crippen LogP contribution in [-0.4, -0.2) is 38.4 Å². The predicted molar refractivity (Wildman–Crippen MR) is 113 cm³/mol. The van der Waals surface area contributed by atoms with Crippen molar-refractivity contribution in [3.05, 3.63) is 65.7 Å². The smallest absolute Gasteiger partial charge is 0.408 e. The van der Waals surface area contributed by atoms with Gasteiger partial charge in [-0.15, -0.1) is 0 Å². The standard InChI is InChI=1S/C22H27NO6S/c1-22(2,3)29-21(25)23-19(20(24)28-15-16-9-6-5-7-10-16)14-17-11-8-12-18(13-17)30(4,26)27/h5-13,19H,14-15H2,1-4H3,(H,23,25). The van der Waals surface area contributed by atoms with Gasteiger partial charge in [-0.05, 0) is 44.0 Å². The number of ether oxygens (including phenoxy) is 2. The summed E-state index contributed by atoms with van der Waals surface area (Å²) in [6.45, 7) is 5.19. The highest BCUT2D eigenvalue weighted by molar-refractivity contribution is 7.90. The monoisotopic (exact) mass is 433 g/mol. The van der Waals surface area contributed by atoms with Crippen LogP contribution in [0.1, 0.15) is 31.9 Å². The van der Waals surface area contributed by atoms with Crippen molar-refractivity contribution in [1.82, 2.24) is 5.32 Å². The Morgan fingerprint density at radius 1 is 1.00 bits per heavy atom. The van der Waals surface area contributed by atoms with Crippen molar-refractivity contribution in [3.8, 4) is 0 Å². The van der Waals surface area contributed by atoms with Crippen molar-refractivity contribution in [3.63, 3.8) is 0 Å². The van der Waals surface area contributed by atoms with Crippen LogP contribution in [0.5, 0.6) is 0 Å². The maximum Gasteiger partial charge on any atom is 0.408 e. The van der Waals surface area contributed by atoms with Gasteiger partial charge in [0.05, 0.1) is 4.90 Å². The first-order valence-electron chi connectivity index (χ1n) is 9.43. The number of nitrogens with one attached hydrogen (secondary N) is 1. The zero-order valence-electron chi connectivity index (χ0n) is 17.5. The lowest BCUT2D eigenvalue weighted by Gasteiger charge is -2.23. The van der Waals surface area contributed by atoms with E-state index in [1.165, 1.54) is 12.1 Å². The molecule has 7 nitrogen and oxygen atoms in total. The molecule has 1 N–H and O–H groups in total. The topological polar surface area (TPSA) is 98.8 Å². The molecule has 0 saturated heterocycles. The highest BCUT2D eigenvalue weighted by atomic mass is 32.2. The Hall–Kier alpha value is -2.87. The van der Waals surface area contributed by atoms with Crippen LogP contribution in [0.2, 0.25) is 0 Å². The summed E-state index contributed by atoms with van der Waals surface area (Å²) in [4.78, 5) is 25.1. The van der Waals surface area contributed by atoms with E-state index in [1.807, 2.05) is 30.3 Å². The van der Waals surface area contributed by atoms with E-state index in [4.69, 9.17) is 9.47 Å². The lowest BCUT2D eigenvalue weighted by molar-refractivity contribution is -0.147. The summed E-state index contributed by atoms with van der Waals surface area (Å²) in [5, 5.41) is 2.53. The zero-order chi connectivity index (χ0) is 22.4. The maximum atomic E-state index is 12.7. The summed E-state index contributed by atoms with van der Waals surface area (Å²) in [6, 6.07) is 14.3. The summed E-state index contributed by atoms with van der Waals surface area (Å²) in [5.41, 5.74) is 0.635. The molecule has 0 aromatic heterocycles. The minimum atomic E-state index is -3.40. The highest BCUT2D eigenvalue weighted by Crippen LogP contribution is 2.15. The molecule has 0 saturated carbocycles. The van der Waals surface area contributed by atoms with Gasteiger partial charge in [-0.1, -0.05) is 42.5 Å². The molecule has 0 aliphatic carbocycles. The maximum absolute atomic E-state index is 12.7. The van der Waals surface area contributed by atoms with E-state index in [0.717, 1.165) is 11.8 Å². The van der Waals surface area contributed by atoms with Gasteiger partial charge in [0, 0.05) is 12.7 Å². The van der Waals surface area contributed by atoms with Crippen molar-refractivity contribution in [2.45, 2.75) is 50.3 Å². The van der Waals surface area contributed by atoms with Gasteiger partial charge >= 0.3 is 12.1 Å². The van der Waals surface area contributed by atoms with E-state index >= 15 is 0 Å². The molecule has 2 aromatic rings. The second-order valence-electron chi connectivity index (χ2n) is 7.92. The first-order chi connectivity index (χ1) is 13.9. The molecule has 1 unspecified atom stereocenters. The molecule has 0 radical (unpaired) electrons. The zero-order valence-corrected chi connectivity index (χ0v) is 18.4. The SMILES string of the molecule is CC(C)(C)OC(=O)NC(Cc1cccc(S(C)(=O)=O)c1)C(=O)OCc1ccccc1. The molecule has 0 fully saturated rings. The number of sulfone groups is 1. The van der Waals surface area contributed by atoms with E-state index in [2.05, 4.69) is 5.32 Å². The Bertz CT molecular complexity index is 980. The third kappa shape index (κ3) is 7.87. The van der Waals surface area contributed by atoms with Crippen LogP contribution in [0.25, 0.3) is 0 Å². The minimum absolute atomic E-state index is 0.0511. The molecule has 2 aromatic carbocycles. The Morgan fingerprint density at radius 2 is 1.63 bits per heavy atom. The van der Waals surface area contributed by atoms with Gasteiger partial charge in [0.2, 0.25) is 0 Å². The van der Waals surface area contributed by atoms with Crippen LogP contribution in [0.3, 0.4) is 0 Å². The second-order valence-corrected chi connectivity index (χ2v) is 9.93. The molecule has 162 valence electrons. The van der Waals surface area contributed by atoms with Crippen molar-refractivity contribution in [2.24, 2.45) is 0 Å². The molecule has 2 rings (SSSR count). The molecule has 0 spiro atoms. The van der Waals surface area contributed by atoms with Crippen molar-refractivity contribution in [1.29, 1.82) is 0 Å². The quantitative estimate of drug-likeness (QED) is 0.673. The number of esters is 1. The lowest BCUT2D eigenvalue weighted by Crippen LogP contribution is -2.45. The molecule has 0 heterocycles. The molecule has 0 aliphatic rings. The van der Waals surface area contributed by atoms with Gasteiger partial charge in [0.15, 0.2) is 9.84 Å². The van der Waals surface area contributed by atoms with Crippen LogP contribution < -0.4 is 5.32 Å². The fourth-order valence-corrected chi connectivity index (χ4v) is 3.30. The normalized spacial score (nSPS) is 12.7. The molecule has 30 heavy (non-hydrogen) atoms. The van der Waals surface area contributed by atoms with Crippen LogP contribution in [0.4, 0.5) is 4.79 Å². The number of hydrogen-bond acceptors (Lipinski definition) is 6. The van der Waals surface area contributed by atoms with Gasteiger partial charge in [0.1, 0.15) is 18.2 Å². The number of carbonyl (C=O) groups excluding carboxylic acids is 2. The summed E-state index contributed by atoms with van der Waals surface area (Å²) in [6.07, 6.45) is 0.399. The molecule has 1 amide bonds. The van der Waals surface area contributed by atoms with E-state index in [0.29, 0.717) is 5.56 Å². The van der Waals surface area contributed by atoms with Crippen LogP contribution >= 0.6 is 0 Å². The Kier molecular flexibility index (Phi) is 7.61. The first kappa shape index (κ1) is 23.4. The van der Waals surface area contributed by atoms with E-state index in [-0.39, 0.29) is 17.9 Å². The Labute approximate surface area is 177 Å². The van der Waals surface area contributed by atoms with Crippen molar-refractivity contribution < 1.29 is 27.5 Å². The van der Waals surface area contributed by atoms with Gasteiger partial charge in [0.25, 0.3) is 0 Å². The third-order valence-electron chi connectivity index (χ3n) is 3.97. The number of hydrogen-bond donors (Lipinski definition) is 1. The van der Waals surface area contributed by atoms with Gasteiger partial charge in [-0.2, -0.15) is 0 Å². The molecule has 0 bridgehead atoms. The second kappa shape index (κ2) is 9.75. The van der Waals surface area contributed by atoms with Gasteiger partial charge in [-0.25, -0.2) is 18.0 Å². The predicted octanol–water partition coefficient (Wildman–Crippen LogP) is 3.27. The number of benzene rings is 2. The average Bonchev–Trinajstić information content (AvgIpc) is 2.64. The van der Waals surface area contributed by atoms with Gasteiger partial charge < -0.3 is 14.8 Å². The largest absolute Gasteiger partial charge is 0.459 e. The molecule has 0 aliphatic heterocycles. The van der Waals surface area contributed by atoms with E-state index in [1.54, 1.807) is 32.9 Å². The summed E-state index contributed by atoms with van der Waals surface area (Å²) >= 11 is 0. The number of amides is 1. The summed E-state index contributed by atoms with van der Waals surface area (Å²) in [5.74, 6) is -0.644.